The summed E-state index contributed by atoms with van der Waals surface area (Å²) in [5.41, 5.74) is 5.62. The fraction of sp³-hybridized carbons (Fsp3) is 0.273. The van der Waals surface area contributed by atoms with E-state index in [0.717, 1.165) is 29.6 Å². The van der Waals surface area contributed by atoms with E-state index in [9.17, 15) is 0 Å². The van der Waals surface area contributed by atoms with Crippen molar-refractivity contribution in [2.24, 2.45) is 4.99 Å². The molecule has 0 saturated carbocycles. The number of hydrogen-bond acceptors (Lipinski definition) is 3. The van der Waals surface area contributed by atoms with Crippen molar-refractivity contribution in [1.29, 1.82) is 0 Å². The standard InChI is InChI=1S/C22H27N5S.HI/c1-16-13-17(2)27(26-16)21-8-6-5-7-19(21)15-25-22(23-3)24-14-18-9-11-20(28-4)12-10-18;/h5-13H,14-15H2,1-4H3,(H2,23,24,25);1H. The van der Waals surface area contributed by atoms with Crippen molar-refractivity contribution < 1.29 is 0 Å². The Bertz CT molecular complexity index is 950. The molecule has 0 amide bonds. The zero-order valence-electron chi connectivity index (χ0n) is 17.3. The van der Waals surface area contributed by atoms with Gasteiger partial charge in [-0.2, -0.15) is 5.10 Å². The SMILES string of the molecule is CN=C(NCc1ccc(SC)cc1)NCc1ccccc1-n1nc(C)cc1C.I. The van der Waals surface area contributed by atoms with Gasteiger partial charge in [-0.25, -0.2) is 4.68 Å². The van der Waals surface area contributed by atoms with Gasteiger partial charge < -0.3 is 10.6 Å². The Labute approximate surface area is 194 Å². The van der Waals surface area contributed by atoms with Crippen molar-refractivity contribution in [3.05, 3.63) is 77.1 Å². The number of aromatic nitrogens is 2. The van der Waals surface area contributed by atoms with E-state index in [-0.39, 0.29) is 24.0 Å². The third kappa shape index (κ3) is 6.24. The van der Waals surface area contributed by atoms with Gasteiger partial charge in [0, 0.05) is 30.7 Å². The molecule has 29 heavy (non-hydrogen) atoms. The second-order valence-electron chi connectivity index (χ2n) is 6.60. The molecule has 2 aromatic carbocycles. The summed E-state index contributed by atoms with van der Waals surface area (Å²) in [5.74, 6) is 0.775. The summed E-state index contributed by atoms with van der Waals surface area (Å²) in [6, 6.07) is 19.0. The van der Waals surface area contributed by atoms with E-state index in [0.29, 0.717) is 6.54 Å². The predicted molar refractivity (Wildman–Crippen MR) is 134 cm³/mol. The Morgan fingerprint density at radius 3 is 2.34 bits per heavy atom. The van der Waals surface area contributed by atoms with Gasteiger partial charge in [0.2, 0.25) is 0 Å². The normalized spacial score (nSPS) is 11.1. The monoisotopic (exact) mass is 521 g/mol. The zero-order chi connectivity index (χ0) is 19.9. The van der Waals surface area contributed by atoms with Gasteiger partial charge in [-0.05, 0) is 55.5 Å². The summed E-state index contributed by atoms with van der Waals surface area (Å²) in [4.78, 5) is 5.61. The number of para-hydroxylation sites is 1. The number of guanidine groups is 1. The highest BCUT2D eigenvalue weighted by Gasteiger charge is 2.09. The largest absolute Gasteiger partial charge is 0.352 e. The third-order valence-electron chi connectivity index (χ3n) is 4.52. The Balaban J connectivity index is 0.00000300. The molecule has 0 aliphatic heterocycles. The van der Waals surface area contributed by atoms with E-state index in [1.54, 1.807) is 18.8 Å². The average molecular weight is 521 g/mol. The molecule has 0 saturated heterocycles. The van der Waals surface area contributed by atoms with Crippen LogP contribution in [0.25, 0.3) is 5.69 Å². The molecule has 1 aromatic heterocycles. The van der Waals surface area contributed by atoms with Gasteiger partial charge in [0.15, 0.2) is 5.96 Å². The number of thioether (sulfide) groups is 1. The average Bonchev–Trinajstić information content (AvgIpc) is 3.06. The topological polar surface area (TPSA) is 54.2 Å². The smallest absolute Gasteiger partial charge is 0.191 e. The first-order valence-electron chi connectivity index (χ1n) is 9.29. The van der Waals surface area contributed by atoms with Crippen LogP contribution in [0.15, 0.2) is 64.5 Å². The summed E-state index contributed by atoms with van der Waals surface area (Å²) >= 11 is 1.75. The third-order valence-corrected chi connectivity index (χ3v) is 5.26. The number of nitrogens with one attached hydrogen (secondary N) is 2. The molecule has 0 atom stereocenters. The number of rotatable bonds is 6. The van der Waals surface area contributed by atoms with Crippen LogP contribution in [0.3, 0.4) is 0 Å². The van der Waals surface area contributed by atoms with Crippen LogP contribution < -0.4 is 10.6 Å². The number of halogens is 1. The number of aliphatic imine (C=N–C) groups is 1. The first-order valence-corrected chi connectivity index (χ1v) is 10.5. The molecule has 5 nitrogen and oxygen atoms in total. The first kappa shape index (κ1) is 23.3. The number of hydrogen-bond donors (Lipinski definition) is 2. The van der Waals surface area contributed by atoms with Crippen molar-refractivity contribution in [2.45, 2.75) is 31.8 Å². The highest BCUT2D eigenvalue weighted by Crippen LogP contribution is 2.17. The van der Waals surface area contributed by atoms with E-state index in [1.165, 1.54) is 16.0 Å². The lowest BCUT2D eigenvalue weighted by Gasteiger charge is -2.15. The van der Waals surface area contributed by atoms with Gasteiger partial charge in [-0.1, -0.05) is 30.3 Å². The summed E-state index contributed by atoms with van der Waals surface area (Å²) in [5, 5.41) is 11.4. The van der Waals surface area contributed by atoms with Gasteiger partial charge in [-0.3, -0.25) is 4.99 Å². The number of aryl methyl sites for hydroxylation is 2. The maximum atomic E-state index is 4.62. The highest BCUT2D eigenvalue weighted by atomic mass is 127. The molecule has 0 fully saturated rings. The van der Waals surface area contributed by atoms with Crippen LogP contribution in [0.4, 0.5) is 0 Å². The predicted octanol–water partition coefficient (Wildman–Crippen LogP) is 4.69. The lowest BCUT2D eigenvalue weighted by molar-refractivity contribution is 0.781. The van der Waals surface area contributed by atoms with Crippen molar-refractivity contribution >= 4 is 41.7 Å². The van der Waals surface area contributed by atoms with Gasteiger partial charge in [-0.15, -0.1) is 35.7 Å². The molecule has 0 unspecified atom stereocenters. The van der Waals surface area contributed by atoms with E-state index in [4.69, 9.17) is 0 Å². The molecule has 0 aliphatic carbocycles. The van der Waals surface area contributed by atoms with E-state index in [1.807, 2.05) is 17.7 Å². The Morgan fingerprint density at radius 2 is 1.72 bits per heavy atom. The minimum Gasteiger partial charge on any atom is -0.352 e. The minimum atomic E-state index is 0. The zero-order valence-corrected chi connectivity index (χ0v) is 20.4. The summed E-state index contributed by atoms with van der Waals surface area (Å²) in [6.45, 7) is 5.49. The van der Waals surface area contributed by atoms with Crippen LogP contribution in [-0.2, 0) is 13.1 Å². The van der Waals surface area contributed by atoms with Crippen molar-refractivity contribution in [1.82, 2.24) is 20.4 Å². The number of nitrogens with zero attached hydrogens (tertiary/aromatic N) is 3. The van der Waals surface area contributed by atoms with Gasteiger partial charge in [0.25, 0.3) is 0 Å². The van der Waals surface area contributed by atoms with Gasteiger partial charge in [0.05, 0.1) is 11.4 Å². The molecule has 3 rings (SSSR count). The molecular weight excluding hydrogens is 493 g/mol. The quantitative estimate of drug-likeness (QED) is 0.214. The van der Waals surface area contributed by atoms with Crippen LogP contribution >= 0.6 is 35.7 Å². The van der Waals surface area contributed by atoms with E-state index < -0.39 is 0 Å². The maximum absolute atomic E-state index is 4.62. The van der Waals surface area contributed by atoms with Crippen molar-refractivity contribution in [2.75, 3.05) is 13.3 Å². The fourth-order valence-electron chi connectivity index (χ4n) is 3.07. The molecule has 0 bridgehead atoms. The van der Waals surface area contributed by atoms with Crippen LogP contribution in [0.1, 0.15) is 22.5 Å². The number of benzene rings is 2. The highest BCUT2D eigenvalue weighted by molar-refractivity contribution is 14.0. The molecular formula is C22H28IN5S. The molecule has 154 valence electrons. The molecule has 1 heterocycles. The van der Waals surface area contributed by atoms with Crippen molar-refractivity contribution in [3.8, 4) is 5.69 Å². The van der Waals surface area contributed by atoms with Crippen molar-refractivity contribution in [3.63, 3.8) is 0 Å². The molecule has 0 spiro atoms. The van der Waals surface area contributed by atoms with Crippen LogP contribution in [0, 0.1) is 13.8 Å². The fourth-order valence-corrected chi connectivity index (χ4v) is 3.48. The minimum absolute atomic E-state index is 0. The summed E-state index contributed by atoms with van der Waals surface area (Å²) in [7, 11) is 1.79. The molecule has 0 radical (unpaired) electrons. The summed E-state index contributed by atoms with van der Waals surface area (Å²) < 4.78 is 2.00. The molecule has 0 aliphatic rings. The molecule has 3 aromatic rings. The molecule has 7 heteroatoms. The van der Waals surface area contributed by atoms with Crippen LogP contribution in [-0.4, -0.2) is 29.0 Å². The Morgan fingerprint density at radius 1 is 1.03 bits per heavy atom. The lowest BCUT2D eigenvalue weighted by Crippen LogP contribution is -2.36. The lowest BCUT2D eigenvalue weighted by atomic mass is 10.1. The maximum Gasteiger partial charge on any atom is 0.191 e. The van der Waals surface area contributed by atoms with Gasteiger partial charge in [0.1, 0.15) is 0 Å². The molecule has 2 N–H and O–H groups in total. The van der Waals surface area contributed by atoms with Gasteiger partial charge >= 0.3 is 0 Å². The van der Waals surface area contributed by atoms with E-state index in [2.05, 4.69) is 82.4 Å². The Kier molecular flexibility index (Phi) is 9.03. The Hall–Kier alpha value is -2.00. The van der Waals surface area contributed by atoms with Crippen LogP contribution in [0.5, 0.6) is 0 Å². The van der Waals surface area contributed by atoms with Crippen LogP contribution in [0.2, 0.25) is 0 Å². The first-order chi connectivity index (χ1) is 13.6. The summed E-state index contributed by atoms with van der Waals surface area (Å²) in [6.07, 6.45) is 2.09. The second-order valence-corrected chi connectivity index (χ2v) is 7.47. The van der Waals surface area contributed by atoms with E-state index >= 15 is 0 Å². The second kappa shape index (κ2) is 11.3.